The van der Waals surface area contributed by atoms with Crippen molar-refractivity contribution in [2.75, 3.05) is 30.8 Å². The summed E-state index contributed by atoms with van der Waals surface area (Å²) in [6, 6.07) is 14.6. The molecule has 0 saturated heterocycles. The molecule has 3 nitrogen and oxygen atoms in total. The zero-order valence-corrected chi connectivity index (χ0v) is 11.8. The van der Waals surface area contributed by atoms with E-state index in [1.807, 2.05) is 18.2 Å². The molecule has 0 spiro atoms. The van der Waals surface area contributed by atoms with Crippen LogP contribution in [0.5, 0.6) is 5.75 Å². The Morgan fingerprint density at radius 3 is 2.70 bits per heavy atom. The van der Waals surface area contributed by atoms with Gasteiger partial charge in [-0.05, 0) is 54.3 Å². The number of benzene rings is 2. The standard InChI is InChI=1S/C17H20N2O/c1-20-16-5-2-13(3-6-16)8-10-19-11-9-14-12-15(18)4-7-17(14)19/h2-7,12H,8-11,18H2,1H3. The Bertz CT molecular complexity index is 592. The Labute approximate surface area is 120 Å². The molecule has 0 fully saturated rings. The number of methoxy groups -OCH3 is 1. The lowest BCUT2D eigenvalue weighted by atomic mass is 10.1. The van der Waals surface area contributed by atoms with E-state index in [-0.39, 0.29) is 0 Å². The maximum absolute atomic E-state index is 5.84. The Balaban J connectivity index is 1.65. The average molecular weight is 268 g/mol. The summed E-state index contributed by atoms with van der Waals surface area (Å²) >= 11 is 0. The molecule has 20 heavy (non-hydrogen) atoms. The van der Waals surface area contributed by atoms with Gasteiger partial charge in [0.1, 0.15) is 5.75 Å². The van der Waals surface area contributed by atoms with Gasteiger partial charge in [-0.1, -0.05) is 12.1 Å². The summed E-state index contributed by atoms with van der Waals surface area (Å²) in [5.74, 6) is 0.913. The molecule has 1 aliphatic rings. The minimum absolute atomic E-state index is 0.862. The number of hydrogen-bond donors (Lipinski definition) is 1. The summed E-state index contributed by atoms with van der Waals surface area (Å²) in [4.78, 5) is 2.44. The number of rotatable bonds is 4. The minimum Gasteiger partial charge on any atom is -0.497 e. The molecule has 3 heteroatoms. The van der Waals surface area contributed by atoms with E-state index < -0.39 is 0 Å². The molecule has 1 aliphatic heterocycles. The lowest BCUT2D eigenvalue weighted by molar-refractivity contribution is 0.414. The van der Waals surface area contributed by atoms with Crippen molar-refractivity contribution in [2.24, 2.45) is 0 Å². The van der Waals surface area contributed by atoms with Gasteiger partial charge in [0.2, 0.25) is 0 Å². The third-order valence-corrected chi connectivity index (χ3v) is 3.92. The summed E-state index contributed by atoms with van der Waals surface area (Å²) in [7, 11) is 1.70. The largest absolute Gasteiger partial charge is 0.497 e. The van der Waals surface area contributed by atoms with E-state index in [0.717, 1.165) is 37.4 Å². The van der Waals surface area contributed by atoms with Crippen LogP contribution in [0, 0.1) is 0 Å². The number of ether oxygens (including phenoxy) is 1. The van der Waals surface area contributed by atoms with Gasteiger partial charge in [0.05, 0.1) is 7.11 Å². The fraction of sp³-hybridized carbons (Fsp3) is 0.294. The molecule has 2 aromatic carbocycles. The number of fused-ring (bicyclic) bond motifs is 1. The van der Waals surface area contributed by atoms with Crippen LogP contribution in [-0.2, 0) is 12.8 Å². The molecule has 0 aliphatic carbocycles. The van der Waals surface area contributed by atoms with E-state index >= 15 is 0 Å². The van der Waals surface area contributed by atoms with Gasteiger partial charge < -0.3 is 15.4 Å². The molecule has 0 bridgehead atoms. The van der Waals surface area contributed by atoms with Crippen molar-refractivity contribution in [3.05, 3.63) is 53.6 Å². The highest BCUT2D eigenvalue weighted by atomic mass is 16.5. The van der Waals surface area contributed by atoms with Crippen molar-refractivity contribution in [1.82, 2.24) is 0 Å². The fourth-order valence-corrected chi connectivity index (χ4v) is 2.78. The zero-order chi connectivity index (χ0) is 13.9. The Morgan fingerprint density at radius 2 is 1.95 bits per heavy atom. The SMILES string of the molecule is COc1ccc(CCN2CCc3cc(N)ccc32)cc1. The van der Waals surface area contributed by atoms with Gasteiger partial charge in [-0.3, -0.25) is 0 Å². The monoisotopic (exact) mass is 268 g/mol. The molecule has 0 unspecified atom stereocenters. The first-order valence-corrected chi connectivity index (χ1v) is 7.02. The van der Waals surface area contributed by atoms with E-state index in [2.05, 4.69) is 29.2 Å². The third-order valence-electron chi connectivity index (χ3n) is 3.92. The molecule has 0 aromatic heterocycles. The van der Waals surface area contributed by atoms with Crippen molar-refractivity contribution in [3.63, 3.8) is 0 Å². The van der Waals surface area contributed by atoms with Crippen LogP contribution in [0.2, 0.25) is 0 Å². The van der Waals surface area contributed by atoms with Gasteiger partial charge in [0.15, 0.2) is 0 Å². The summed E-state index contributed by atoms with van der Waals surface area (Å²) < 4.78 is 5.18. The molecular formula is C17H20N2O. The quantitative estimate of drug-likeness (QED) is 0.867. The van der Waals surface area contributed by atoms with Crippen LogP contribution in [0.15, 0.2) is 42.5 Å². The molecule has 0 atom stereocenters. The van der Waals surface area contributed by atoms with Crippen LogP contribution in [-0.4, -0.2) is 20.2 Å². The molecule has 3 rings (SSSR count). The molecule has 0 amide bonds. The molecule has 0 saturated carbocycles. The molecule has 2 aromatic rings. The van der Waals surface area contributed by atoms with Crippen molar-refractivity contribution in [1.29, 1.82) is 0 Å². The van der Waals surface area contributed by atoms with Crippen molar-refractivity contribution < 1.29 is 4.74 Å². The number of nitrogens with zero attached hydrogens (tertiary/aromatic N) is 1. The number of nitrogens with two attached hydrogens (primary N) is 1. The van der Waals surface area contributed by atoms with E-state index in [1.165, 1.54) is 16.8 Å². The van der Waals surface area contributed by atoms with Crippen molar-refractivity contribution >= 4 is 11.4 Å². The van der Waals surface area contributed by atoms with E-state index in [0.29, 0.717) is 0 Å². The molecule has 2 N–H and O–H groups in total. The highest BCUT2D eigenvalue weighted by molar-refractivity contribution is 5.63. The second-order valence-corrected chi connectivity index (χ2v) is 5.22. The smallest absolute Gasteiger partial charge is 0.118 e. The van der Waals surface area contributed by atoms with Crippen LogP contribution in [0.3, 0.4) is 0 Å². The molecule has 0 radical (unpaired) electrons. The molecule has 1 heterocycles. The summed E-state index contributed by atoms with van der Waals surface area (Å²) in [5, 5.41) is 0. The van der Waals surface area contributed by atoms with Crippen molar-refractivity contribution in [3.8, 4) is 5.75 Å². The maximum atomic E-state index is 5.84. The minimum atomic E-state index is 0.862. The van der Waals surface area contributed by atoms with Gasteiger partial charge in [-0.2, -0.15) is 0 Å². The molecular weight excluding hydrogens is 248 g/mol. The van der Waals surface area contributed by atoms with Crippen molar-refractivity contribution in [2.45, 2.75) is 12.8 Å². The van der Waals surface area contributed by atoms with Gasteiger partial charge >= 0.3 is 0 Å². The van der Waals surface area contributed by atoms with Crippen LogP contribution >= 0.6 is 0 Å². The number of anilines is 2. The van der Waals surface area contributed by atoms with Crippen LogP contribution in [0.1, 0.15) is 11.1 Å². The van der Waals surface area contributed by atoms with Crippen LogP contribution in [0.25, 0.3) is 0 Å². The fourth-order valence-electron chi connectivity index (χ4n) is 2.78. The first-order valence-electron chi connectivity index (χ1n) is 7.02. The van der Waals surface area contributed by atoms with E-state index in [9.17, 15) is 0 Å². The lowest BCUT2D eigenvalue weighted by Gasteiger charge is -2.19. The van der Waals surface area contributed by atoms with Gasteiger partial charge in [0, 0.05) is 24.5 Å². The van der Waals surface area contributed by atoms with E-state index in [4.69, 9.17) is 10.5 Å². The Hall–Kier alpha value is -2.16. The highest BCUT2D eigenvalue weighted by Gasteiger charge is 2.18. The second kappa shape index (κ2) is 5.45. The third kappa shape index (κ3) is 2.57. The summed E-state index contributed by atoms with van der Waals surface area (Å²) in [6.45, 7) is 2.14. The zero-order valence-electron chi connectivity index (χ0n) is 11.8. The lowest BCUT2D eigenvalue weighted by Crippen LogP contribution is -2.23. The molecule has 104 valence electrons. The predicted molar refractivity (Wildman–Crippen MR) is 83.5 cm³/mol. The summed E-state index contributed by atoms with van der Waals surface area (Å²) in [5.41, 5.74) is 10.8. The normalized spacial score (nSPS) is 13.3. The second-order valence-electron chi connectivity index (χ2n) is 5.22. The number of nitrogen functional groups attached to an aromatic ring is 1. The maximum Gasteiger partial charge on any atom is 0.118 e. The predicted octanol–water partition coefficient (Wildman–Crippen LogP) is 2.88. The van der Waals surface area contributed by atoms with Gasteiger partial charge in [0.25, 0.3) is 0 Å². The first-order chi connectivity index (χ1) is 9.76. The average Bonchev–Trinajstić information content (AvgIpc) is 2.88. The Kier molecular flexibility index (Phi) is 3.50. The van der Waals surface area contributed by atoms with Gasteiger partial charge in [-0.15, -0.1) is 0 Å². The van der Waals surface area contributed by atoms with Crippen LogP contribution in [0.4, 0.5) is 11.4 Å². The topological polar surface area (TPSA) is 38.5 Å². The Morgan fingerprint density at radius 1 is 1.15 bits per heavy atom. The van der Waals surface area contributed by atoms with Gasteiger partial charge in [-0.25, -0.2) is 0 Å². The summed E-state index contributed by atoms with van der Waals surface area (Å²) in [6.07, 6.45) is 2.15. The number of hydrogen-bond acceptors (Lipinski definition) is 3. The first kappa shape index (κ1) is 12.9. The highest BCUT2D eigenvalue weighted by Crippen LogP contribution is 2.29. The van der Waals surface area contributed by atoms with E-state index in [1.54, 1.807) is 7.11 Å². The van der Waals surface area contributed by atoms with Crippen LogP contribution < -0.4 is 15.4 Å².